The van der Waals surface area contributed by atoms with E-state index in [1.54, 1.807) is 19.2 Å². The molecule has 0 radical (unpaired) electrons. The van der Waals surface area contributed by atoms with Crippen molar-refractivity contribution >= 4 is 16.9 Å². The van der Waals surface area contributed by atoms with Crippen molar-refractivity contribution in [2.45, 2.75) is 12.5 Å². The van der Waals surface area contributed by atoms with Gasteiger partial charge in [0, 0.05) is 13.3 Å². The van der Waals surface area contributed by atoms with Gasteiger partial charge >= 0.3 is 0 Å². The van der Waals surface area contributed by atoms with Crippen molar-refractivity contribution < 1.29 is 14.6 Å². The van der Waals surface area contributed by atoms with Gasteiger partial charge in [0.15, 0.2) is 0 Å². The molecule has 19 heavy (non-hydrogen) atoms. The Bertz CT molecular complexity index is 583. The van der Waals surface area contributed by atoms with Gasteiger partial charge in [-0.05, 0) is 13.0 Å². The Morgan fingerprint density at radius 2 is 2.37 bits per heavy atom. The van der Waals surface area contributed by atoms with E-state index in [1.165, 1.54) is 13.4 Å². The zero-order valence-corrected chi connectivity index (χ0v) is 10.8. The number of carbonyl (C=O) groups is 1. The first-order valence-corrected chi connectivity index (χ1v) is 5.80. The molecule has 102 valence electrons. The molecule has 0 spiro atoms. The third kappa shape index (κ3) is 2.72. The zero-order valence-electron chi connectivity index (χ0n) is 10.8. The number of ether oxygens (including phenoxy) is 1. The average Bonchev–Trinajstić information content (AvgIpc) is 2.86. The number of hydrogen-bond acceptors (Lipinski definition) is 5. The molecule has 3 N–H and O–H groups in total. The number of rotatable bonds is 5. The summed E-state index contributed by atoms with van der Waals surface area (Å²) in [5.41, 5.74) is 0.0130. The van der Waals surface area contributed by atoms with Crippen molar-refractivity contribution in [1.82, 2.24) is 20.3 Å². The number of aliphatic hydroxyl groups excluding tert-OH is 1. The summed E-state index contributed by atoms with van der Waals surface area (Å²) in [5.74, 6) is -0.374. The summed E-state index contributed by atoms with van der Waals surface area (Å²) in [4.78, 5) is 23.1. The van der Waals surface area contributed by atoms with Gasteiger partial charge in [0.25, 0.3) is 5.91 Å². The Labute approximate surface area is 110 Å². The summed E-state index contributed by atoms with van der Waals surface area (Å²) in [6.07, 6.45) is 3.01. The molecule has 2 heterocycles. The molecule has 0 saturated heterocycles. The number of H-pyrrole nitrogens is 1. The molecule has 1 atom stereocenters. The molecule has 1 amide bonds. The van der Waals surface area contributed by atoms with E-state index < -0.39 is 5.54 Å². The maximum absolute atomic E-state index is 12.2. The Kier molecular flexibility index (Phi) is 3.77. The van der Waals surface area contributed by atoms with Crippen LogP contribution in [0.25, 0.3) is 11.0 Å². The minimum Gasteiger partial charge on any atom is -0.394 e. The lowest BCUT2D eigenvalue weighted by Gasteiger charge is -2.27. The Morgan fingerprint density at radius 1 is 1.58 bits per heavy atom. The van der Waals surface area contributed by atoms with Crippen molar-refractivity contribution in [3.63, 3.8) is 0 Å². The number of aromatic nitrogens is 3. The smallest absolute Gasteiger partial charge is 0.271 e. The molecular formula is C12H16N4O3. The van der Waals surface area contributed by atoms with Crippen LogP contribution in [0.4, 0.5) is 0 Å². The monoisotopic (exact) mass is 264 g/mol. The molecule has 0 aromatic carbocycles. The van der Waals surface area contributed by atoms with E-state index >= 15 is 0 Å². The second-order valence-corrected chi connectivity index (χ2v) is 4.57. The maximum Gasteiger partial charge on any atom is 0.271 e. The van der Waals surface area contributed by atoms with Crippen LogP contribution in [-0.4, -0.2) is 51.8 Å². The Morgan fingerprint density at radius 3 is 3.05 bits per heavy atom. The molecule has 0 bridgehead atoms. The molecule has 0 aliphatic rings. The van der Waals surface area contributed by atoms with E-state index in [1.807, 2.05) is 0 Å². The lowest BCUT2D eigenvalue weighted by Crippen LogP contribution is -2.52. The first kappa shape index (κ1) is 13.4. The van der Waals surface area contributed by atoms with Gasteiger partial charge in [0.05, 0.1) is 24.1 Å². The molecule has 0 fully saturated rings. The first-order valence-electron chi connectivity index (χ1n) is 5.80. The fraction of sp³-hybridized carbons (Fsp3) is 0.417. The van der Waals surface area contributed by atoms with E-state index in [0.29, 0.717) is 11.0 Å². The van der Waals surface area contributed by atoms with Crippen LogP contribution in [-0.2, 0) is 4.74 Å². The number of aliphatic hydroxyl groups is 1. The second-order valence-electron chi connectivity index (χ2n) is 4.57. The summed E-state index contributed by atoms with van der Waals surface area (Å²) >= 11 is 0. The van der Waals surface area contributed by atoms with E-state index in [4.69, 9.17) is 4.74 Å². The predicted octanol–water partition coefficient (Wildman–Crippen LogP) is 0.0851. The van der Waals surface area contributed by atoms with Gasteiger partial charge in [-0.2, -0.15) is 0 Å². The molecule has 2 aromatic rings. The van der Waals surface area contributed by atoms with Gasteiger partial charge in [-0.3, -0.25) is 4.79 Å². The van der Waals surface area contributed by atoms with Gasteiger partial charge in [-0.15, -0.1) is 0 Å². The number of fused-ring (bicyclic) bond motifs is 1. The highest BCUT2D eigenvalue weighted by molar-refractivity contribution is 6.03. The van der Waals surface area contributed by atoms with Gasteiger partial charge in [0.2, 0.25) is 0 Å². The third-order valence-electron chi connectivity index (χ3n) is 2.80. The van der Waals surface area contributed by atoms with Crippen LogP contribution < -0.4 is 5.32 Å². The highest BCUT2D eigenvalue weighted by Gasteiger charge is 2.27. The van der Waals surface area contributed by atoms with Crippen LogP contribution in [0, 0.1) is 0 Å². The Hall–Kier alpha value is -1.99. The zero-order chi connectivity index (χ0) is 13.9. The first-order chi connectivity index (χ1) is 9.09. The lowest BCUT2D eigenvalue weighted by atomic mass is 10.0. The number of amides is 1. The fourth-order valence-electron chi connectivity index (χ4n) is 1.83. The summed E-state index contributed by atoms with van der Waals surface area (Å²) < 4.78 is 4.99. The molecule has 7 heteroatoms. The quantitative estimate of drug-likeness (QED) is 0.710. The molecule has 1 unspecified atom stereocenters. The maximum atomic E-state index is 12.2. The predicted molar refractivity (Wildman–Crippen MR) is 68.7 cm³/mol. The molecule has 7 nitrogen and oxygen atoms in total. The van der Waals surface area contributed by atoms with Crippen LogP contribution >= 0.6 is 0 Å². The average molecular weight is 264 g/mol. The van der Waals surface area contributed by atoms with Gasteiger partial charge in [0.1, 0.15) is 17.7 Å². The van der Waals surface area contributed by atoms with Crippen LogP contribution in [0.3, 0.4) is 0 Å². The number of nitrogens with one attached hydrogen (secondary N) is 2. The van der Waals surface area contributed by atoms with Crippen molar-refractivity contribution in [3.8, 4) is 0 Å². The summed E-state index contributed by atoms with van der Waals surface area (Å²) in [7, 11) is 1.51. The largest absolute Gasteiger partial charge is 0.394 e. The number of aromatic amines is 1. The van der Waals surface area contributed by atoms with Crippen LogP contribution in [0.2, 0.25) is 0 Å². The van der Waals surface area contributed by atoms with Gasteiger partial charge < -0.3 is 20.1 Å². The molecular weight excluding hydrogens is 248 g/mol. The van der Waals surface area contributed by atoms with E-state index in [-0.39, 0.29) is 24.8 Å². The summed E-state index contributed by atoms with van der Waals surface area (Å²) in [5, 5.41) is 12.7. The van der Waals surface area contributed by atoms with Crippen molar-refractivity contribution in [3.05, 3.63) is 24.3 Å². The van der Waals surface area contributed by atoms with Crippen molar-refractivity contribution in [1.29, 1.82) is 0 Å². The van der Waals surface area contributed by atoms with E-state index in [0.717, 1.165) is 0 Å². The summed E-state index contributed by atoms with van der Waals surface area (Å²) in [6.45, 7) is 1.68. The highest BCUT2D eigenvalue weighted by atomic mass is 16.5. The highest BCUT2D eigenvalue weighted by Crippen LogP contribution is 2.14. The normalized spacial score (nSPS) is 14.3. The lowest BCUT2D eigenvalue weighted by molar-refractivity contribution is 0.0595. The number of nitrogens with zero attached hydrogens (tertiary/aromatic N) is 2. The van der Waals surface area contributed by atoms with Gasteiger partial charge in [-0.25, -0.2) is 9.97 Å². The van der Waals surface area contributed by atoms with Crippen molar-refractivity contribution in [2.24, 2.45) is 0 Å². The SMILES string of the molecule is COCC(C)(CO)NC(=O)c1ncnc2[nH]ccc12. The molecule has 0 aliphatic heterocycles. The van der Waals surface area contributed by atoms with E-state index in [9.17, 15) is 9.90 Å². The third-order valence-corrected chi connectivity index (χ3v) is 2.80. The van der Waals surface area contributed by atoms with Gasteiger partial charge in [-0.1, -0.05) is 0 Å². The molecule has 0 saturated carbocycles. The number of carbonyl (C=O) groups excluding carboxylic acids is 1. The van der Waals surface area contributed by atoms with Crippen LogP contribution in [0.5, 0.6) is 0 Å². The van der Waals surface area contributed by atoms with Crippen LogP contribution in [0.1, 0.15) is 17.4 Å². The van der Waals surface area contributed by atoms with Crippen LogP contribution in [0.15, 0.2) is 18.6 Å². The minimum absolute atomic E-state index is 0.205. The molecule has 2 aromatic heterocycles. The standard InChI is InChI=1S/C12H16N4O3/c1-12(5-17,6-19-2)16-11(18)9-8-3-4-13-10(8)15-7-14-9/h3-4,7,17H,5-6H2,1-2H3,(H,16,18)(H,13,14,15). The minimum atomic E-state index is -0.848. The fourth-order valence-corrected chi connectivity index (χ4v) is 1.83. The van der Waals surface area contributed by atoms with E-state index in [2.05, 4.69) is 20.3 Å². The van der Waals surface area contributed by atoms with Crippen molar-refractivity contribution in [2.75, 3.05) is 20.3 Å². The number of hydrogen-bond donors (Lipinski definition) is 3. The molecule has 2 rings (SSSR count). The topological polar surface area (TPSA) is 100 Å². The molecule has 0 aliphatic carbocycles. The summed E-state index contributed by atoms with van der Waals surface area (Å²) in [6, 6.07) is 1.73. The second kappa shape index (κ2) is 5.33. The number of methoxy groups -OCH3 is 1. The Balaban J connectivity index is 2.27.